The Morgan fingerprint density at radius 1 is 0.619 bits per heavy atom. The molecule has 0 saturated carbocycles. The number of ketones is 1. The Balaban J connectivity index is 1.33. The minimum atomic E-state index is -0.464. The van der Waals surface area contributed by atoms with Gasteiger partial charge in [-0.25, -0.2) is 0 Å². The van der Waals surface area contributed by atoms with Crippen LogP contribution in [0, 0.1) is 0 Å². The molecule has 5 aromatic rings. The molecule has 0 radical (unpaired) electrons. The molecule has 0 fully saturated rings. The molecular formula is C36H28N2O3S. The highest BCUT2D eigenvalue weighted by molar-refractivity contribution is 8.00. The maximum Gasteiger partial charge on any atom is 0.272 e. The lowest BCUT2D eigenvalue weighted by atomic mass is 10.0. The average molecular weight is 569 g/mol. The van der Waals surface area contributed by atoms with Gasteiger partial charge in [0.2, 0.25) is 0 Å². The van der Waals surface area contributed by atoms with Crippen molar-refractivity contribution in [1.82, 2.24) is 5.32 Å². The Bertz CT molecular complexity index is 1700. The molecule has 42 heavy (non-hydrogen) atoms. The second-order valence-corrected chi connectivity index (χ2v) is 10.5. The third-order valence-electron chi connectivity index (χ3n) is 6.42. The number of nitrogens with one attached hydrogen (secondary N) is 2. The number of carbonyl (C=O) groups is 3. The molecule has 0 aliphatic carbocycles. The molecule has 6 heteroatoms. The van der Waals surface area contributed by atoms with Gasteiger partial charge >= 0.3 is 0 Å². The van der Waals surface area contributed by atoms with Crippen molar-refractivity contribution in [2.45, 2.75) is 4.90 Å². The fourth-order valence-electron chi connectivity index (χ4n) is 4.23. The fourth-order valence-corrected chi connectivity index (χ4v) is 5.08. The van der Waals surface area contributed by atoms with Crippen LogP contribution in [0.5, 0.6) is 0 Å². The molecule has 0 saturated heterocycles. The van der Waals surface area contributed by atoms with Crippen molar-refractivity contribution in [3.63, 3.8) is 0 Å². The largest absolute Gasteiger partial charge is 0.321 e. The molecule has 0 unspecified atom stereocenters. The standard InChI is InChI=1S/C36H28N2O3S/c39-34(29-13-6-2-7-14-29)25-42-32-18-10-17-31(24-32)37-36(41)33(38-35(40)30-15-8-3-9-16-30)23-26-19-21-28(22-20-26)27-11-4-1-5-12-27/h1-24H,25H2,(H,37,41)(H,38,40)/b33-23-. The van der Waals surface area contributed by atoms with Gasteiger partial charge in [-0.2, -0.15) is 0 Å². The summed E-state index contributed by atoms with van der Waals surface area (Å²) in [4.78, 5) is 39.8. The van der Waals surface area contributed by atoms with Crippen LogP contribution in [0.4, 0.5) is 5.69 Å². The van der Waals surface area contributed by atoms with Crippen LogP contribution in [-0.2, 0) is 4.79 Å². The molecule has 0 spiro atoms. The lowest BCUT2D eigenvalue weighted by molar-refractivity contribution is -0.113. The van der Waals surface area contributed by atoms with E-state index in [2.05, 4.69) is 10.6 Å². The smallest absolute Gasteiger partial charge is 0.272 e. The van der Waals surface area contributed by atoms with Crippen LogP contribution in [0.2, 0.25) is 0 Å². The van der Waals surface area contributed by atoms with E-state index in [0.29, 0.717) is 16.8 Å². The Labute approximate surface area is 249 Å². The SMILES string of the molecule is O=C(Nc1cccc(SCC(=O)c2ccccc2)c1)/C(=C/c1ccc(-c2ccccc2)cc1)NC(=O)c1ccccc1. The van der Waals surface area contributed by atoms with Crippen LogP contribution in [-0.4, -0.2) is 23.4 Å². The van der Waals surface area contributed by atoms with Crippen LogP contribution in [0.3, 0.4) is 0 Å². The lowest BCUT2D eigenvalue weighted by Crippen LogP contribution is -2.30. The van der Waals surface area contributed by atoms with Crippen LogP contribution in [0.15, 0.2) is 150 Å². The van der Waals surface area contributed by atoms with Crippen LogP contribution in [0.1, 0.15) is 26.3 Å². The molecular weight excluding hydrogens is 540 g/mol. The summed E-state index contributed by atoms with van der Waals surface area (Å²) in [7, 11) is 0. The van der Waals surface area contributed by atoms with E-state index in [-0.39, 0.29) is 23.1 Å². The predicted octanol–water partition coefficient (Wildman–Crippen LogP) is 7.74. The zero-order valence-electron chi connectivity index (χ0n) is 22.7. The number of carbonyl (C=O) groups excluding carboxylic acids is 3. The molecule has 0 aromatic heterocycles. The van der Waals surface area contributed by atoms with E-state index in [4.69, 9.17) is 0 Å². The number of hydrogen-bond acceptors (Lipinski definition) is 4. The van der Waals surface area contributed by atoms with Gasteiger partial charge in [0.05, 0.1) is 5.75 Å². The molecule has 5 aromatic carbocycles. The van der Waals surface area contributed by atoms with Gasteiger partial charge in [-0.15, -0.1) is 11.8 Å². The first-order valence-corrected chi connectivity index (χ1v) is 14.4. The Hall–Kier alpha value is -5.20. The van der Waals surface area contributed by atoms with Gasteiger partial charge in [-0.05, 0) is 53.1 Å². The van der Waals surface area contributed by atoms with E-state index in [1.807, 2.05) is 97.1 Å². The van der Waals surface area contributed by atoms with Gasteiger partial charge in [0.1, 0.15) is 5.70 Å². The van der Waals surface area contributed by atoms with Crippen molar-refractivity contribution < 1.29 is 14.4 Å². The zero-order valence-corrected chi connectivity index (χ0v) is 23.5. The van der Waals surface area contributed by atoms with Crippen molar-refractivity contribution in [3.05, 3.63) is 162 Å². The second-order valence-electron chi connectivity index (χ2n) is 9.43. The zero-order chi connectivity index (χ0) is 29.1. The van der Waals surface area contributed by atoms with Crippen LogP contribution in [0.25, 0.3) is 17.2 Å². The predicted molar refractivity (Wildman–Crippen MR) is 170 cm³/mol. The third-order valence-corrected chi connectivity index (χ3v) is 7.41. The van der Waals surface area contributed by atoms with E-state index < -0.39 is 5.91 Å². The Morgan fingerprint density at radius 3 is 1.88 bits per heavy atom. The molecule has 2 amide bonds. The number of benzene rings is 5. The van der Waals surface area contributed by atoms with Gasteiger partial charge in [0.15, 0.2) is 5.78 Å². The summed E-state index contributed by atoms with van der Waals surface area (Å²) in [6.07, 6.45) is 1.65. The topological polar surface area (TPSA) is 75.3 Å². The van der Waals surface area contributed by atoms with Crippen molar-refractivity contribution >= 4 is 41.1 Å². The first-order valence-electron chi connectivity index (χ1n) is 13.4. The molecule has 0 bridgehead atoms. The molecule has 0 aliphatic heterocycles. The summed E-state index contributed by atoms with van der Waals surface area (Å²) < 4.78 is 0. The van der Waals surface area contributed by atoms with E-state index in [9.17, 15) is 14.4 Å². The number of hydrogen-bond donors (Lipinski definition) is 2. The Morgan fingerprint density at radius 2 is 1.21 bits per heavy atom. The van der Waals surface area contributed by atoms with Gasteiger partial charge < -0.3 is 10.6 Å². The average Bonchev–Trinajstić information content (AvgIpc) is 3.05. The summed E-state index contributed by atoms with van der Waals surface area (Å²) in [6, 6.07) is 43.0. The van der Waals surface area contributed by atoms with Gasteiger partial charge in [0, 0.05) is 21.7 Å². The van der Waals surface area contributed by atoms with Crippen LogP contribution < -0.4 is 10.6 Å². The summed E-state index contributed by atoms with van der Waals surface area (Å²) in [6.45, 7) is 0. The minimum Gasteiger partial charge on any atom is -0.321 e. The summed E-state index contributed by atoms with van der Waals surface area (Å²) in [5, 5.41) is 5.68. The molecule has 2 N–H and O–H groups in total. The van der Waals surface area contributed by atoms with Crippen molar-refractivity contribution in [3.8, 4) is 11.1 Å². The van der Waals surface area contributed by atoms with E-state index >= 15 is 0 Å². The van der Waals surface area contributed by atoms with Crippen LogP contribution >= 0.6 is 11.8 Å². The maximum absolute atomic E-state index is 13.5. The van der Waals surface area contributed by atoms with Crippen molar-refractivity contribution in [2.75, 3.05) is 11.1 Å². The second kappa shape index (κ2) is 13.9. The number of anilines is 1. The van der Waals surface area contributed by atoms with E-state index in [0.717, 1.165) is 21.6 Å². The highest BCUT2D eigenvalue weighted by Crippen LogP contribution is 2.24. The maximum atomic E-state index is 13.5. The highest BCUT2D eigenvalue weighted by atomic mass is 32.2. The molecule has 206 valence electrons. The number of rotatable bonds is 10. The fraction of sp³-hybridized carbons (Fsp3) is 0.0278. The first-order chi connectivity index (χ1) is 20.5. The van der Waals surface area contributed by atoms with Gasteiger partial charge in [-0.3, -0.25) is 14.4 Å². The Kier molecular flexibility index (Phi) is 9.39. The van der Waals surface area contributed by atoms with Gasteiger partial charge in [-0.1, -0.05) is 109 Å². The van der Waals surface area contributed by atoms with Crippen molar-refractivity contribution in [2.24, 2.45) is 0 Å². The van der Waals surface area contributed by atoms with Gasteiger partial charge in [0.25, 0.3) is 11.8 Å². The molecule has 0 atom stereocenters. The number of Topliss-reactive ketones (excluding diaryl/α,β-unsaturated/α-hetero) is 1. The number of amides is 2. The van der Waals surface area contributed by atoms with E-state index in [1.54, 1.807) is 48.5 Å². The molecule has 0 heterocycles. The monoisotopic (exact) mass is 568 g/mol. The minimum absolute atomic E-state index is 0.0298. The number of thioether (sulfide) groups is 1. The molecule has 0 aliphatic rings. The molecule has 5 nitrogen and oxygen atoms in total. The highest BCUT2D eigenvalue weighted by Gasteiger charge is 2.16. The summed E-state index contributed by atoms with van der Waals surface area (Å²) in [5.74, 6) is -0.545. The quantitative estimate of drug-likeness (QED) is 0.103. The van der Waals surface area contributed by atoms with Crippen molar-refractivity contribution in [1.29, 1.82) is 0 Å². The molecule has 5 rings (SSSR count). The lowest BCUT2D eigenvalue weighted by Gasteiger charge is -2.12. The van der Waals surface area contributed by atoms with E-state index in [1.165, 1.54) is 11.8 Å². The summed E-state index contributed by atoms with van der Waals surface area (Å²) in [5.41, 5.74) is 4.66. The first kappa shape index (κ1) is 28.3. The summed E-state index contributed by atoms with van der Waals surface area (Å²) >= 11 is 1.40. The third kappa shape index (κ3) is 7.71. The normalized spacial score (nSPS) is 11.0.